The van der Waals surface area contributed by atoms with E-state index >= 15 is 0 Å². The van der Waals surface area contributed by atoms with Crippen molar-refractivity contribution in [2.75, 3.05) is 5.32 Å². The second-order valence-corrected chi connectivity index (χ2v) is 3.77. The highest BCUT2D eigenvalue weighted by atomic mass is 35.5. The number of hydrogen-bond donors (Lipinski definition) is 1. The van der Waals surface area contributed by atoms with Gasteiger partial charge in [-0.25, -0.2) is 4.79 Å². The summed E-state index contributed by atoms with van der Waals surface area (Å²) in [7, 11) is 0. The summed E-state index contributed by atoms with van der Waals surface area (Å²) in [6, 6.07) is 15.7. The van der Waals surface area contributed by atoms with E-state index < -0.39 is 6.09 Å². The van der Waals surface area contributed by atoms with E-state index in [1.54, 1.807) is 48.5 Å². The van der Waals surface area contributed by atoms with Crippen molar-refractivity contribution >= 4 is 23.4 Å². The molecule has 0 aliphatic heterocycles. The van der Waals surface area contributed by atoms with Crippen molar-refractivity contribution in [3.63, 3.8) is 0 Å². The Hall–Kier alpha value is -2.00. The zero-order valence-electron chi connectivity index (χ0n) is 8.89. The van der Waals surface area contributed by atoms with E-state index in [1.807, 2.05) is 6.07 Å². The SMILES string of the molecule is O=C(Nc1ccc(Cl)cc1)Oc1ccccc1. The highest BCUT2D eigenvalue weighted by Gasteiger charge is 2.04. The van der Waals surface area contributed by atoms with Gasteiger partial charge in [-0.3, -0.25) is 5.32 Å². The monoisotopic (exact) mass is 247 g/mol. The standard InChI is InChI=1S/C13H10ClNO2/c14-10-6-8-11(9-7-10)15-13(16)17-12-4-2-1-3-5-12/h1-9H,(H,15,16). The smallest absolute Gasteiger partial charge is 0.410 e. The van der Waals surface area contributed by atoms with Gasteiger partial charge in [-0.2, -0.15) is 0 Å². The molecule has 0 bridgehead atoms. The molecule has 0 heterocycles. The van der Waals surface area contributed by atoms with Crippen LogP contribution >= 0.6 is 11.6 Å². The Morgan fingerprint density at radius 2 is 1.65 bits per heavy atom. The third kappa shape index (κ3) is 3.50. The summed E-state index contributed by atoms with van der Waals surface area (Å²) in [6.07, 6.45) is -0.529. The van der Waals surface area contributed by atoms with Gasteiger partial charge in [0.25, 0.3) is 0 Å². The second kappa shape index (κ2) is 5.37. The fourth-order valence-corrected chi connectivity index (χ4v) is 1.40. The predicted octanol–water partition coefficient (Wildman–Crippen LogP) is 3.95. The van der Waals surface area contributed by atoms with Gasteiger partial charge in [-0.15, -0.1) is 0 Å². The third-order valence-corrected chi connectivity index (χ3v) is 2.30. The molecule has 0 radical (unpaired) electrons. The number of carbonyl (C=O) groups excluding carboxylic acids is 1. The summed E-state index contributed by atoms with van der Waals surface area (Å²) in [6.45, 7) is 0. The van der Waals surface area contributed by atoms with Crippen molar-refractivity contribution in [2.45, 2.75) is 0 Å². The van der Waals surface area contributed by atoms with E-state index in [4.69, 9.17) is 16.3 Å². The summed E-state index contributed by atoms with van der Waals surface area (Å²) in [4.78, 5) is 11.5. The topological polar surface area (TPSA) is 38.3 Å². The molecule has 0 unspecified atom stereocenters. The maximum Gasteiger partial charge on any atom is 0.417 e. The summed E-state index contributed by atoms with van der Waals surface area (Å²) >= 11 is 5.73. The van der Waals surface area contributed by atoms with Gasteiger partial charge in [0.05, 0.1) is 0 Å². The van der Waals surface area contributed by atoms with Crippen LogP contribution < -0.4 is 10.1 Å². The highest BCUT2D eigenvalue weighted by Crippen LogP contribution is 2.14. The normalized spacial score (nSPS) is 9.71. The molecule has 0 aromatic heterocycles. The number of hydrogen-bond acceptors (Lipinski definition) is 2. The summed E-state index contributed by atoms with van der Waals surface area (Å²) < 4.78 is 5.07. The molecule has 2 rings (SSSR count). The first-order valence-corrected chi connectivity index (χ1v) is 5.41. The van der Waals surface area contributed by atoms with Gasteiger partial charge in [-0.1, -0.05) is 29.8 Å². The maximum absolute atomic E-state index is 11.5. The molecule has 0 saturated heterocycles. The number of ether oxygens (including phenoxy) is 1. The Kier molecular flexibility index (Phi) is 3.62. The highest BCUT2D eigenvalue weighted by molar-refractivity contribution is 6.30. The van der Waals surface area contributed by atoms with Gasteiger partial charge >= 0.3 is 6.09 Å². The predicted molar refractivity (Wildman–Crippen MR) is 67.5 cm³/mol. The molecule has 2 aromatic carbocycles. The van der Waals surface area contributed by atoms with Crippen LogP contribution in [-0.2, 0) is 0 Å². The quantitative estimate of drug-likeness (QED) is 0.873. The van der Waals surface area contributed by atoms with Gasteiger partial charge in [-0.05, 0) is 36.4 Å². The average molecular weight is 248 g/mol. The first-order valence-electron chi connectivity index (χ1n) is 5.03. The number of halogens is 1. The fraction of sp³-hybridized carbons (Fsp3) is 0. The summed E-state index contributed by atoms with van der Waals surface area (Å²) in [5, 5.41) is 3.22. The van der Waals surface area contributed by atoms with Crippen LogP contribution in [-0.4, -0.2) is 6.09 Å². The lowest BCUT2D eigenvalue weighted by Crippen LogP contribution is -2.16. The molecule has 0 aliphatic carbocycles. The lowest BCUT2D eigenvalue weighted by Gasteiger charge is -2.06. The molecular weight excluding hydrogens is 238 g/mol. The van der Waals surface area contributed by atoms with Gasteiger partial charge in [0, 0.05) is 10.7 Å². The van der Waals surface area contributed by atoms with E-state index in [9.17, 15) is 4.79 Å². The van der Waals surface area contributed by atoms with Crippen LogP contribution in [0.2, 0.25) is 5.02 Å². The minimum Gasteiger partial charge on any atom is -0.410 e. The molecule has 0 fully saturated rings. The molecule has 4 heteroatoms. The number of carbonyl (C=O) groups is 1. The zero-order chi connectivity index (χ0) is 12.1. The lowest BCUT2D eigenvalue weighted by molar-refractivity contribution is 0.215. The summed E-state index contributed by atoms with van der Waals surface area (Å²) in [5.41, 5.74) is 0.635. The second-order valence-electron chi connectivity index (χ2n) is 3.33. The minimum atomic E-state index is -0.529. The number of para-hydroxylation sites is 1. The molecule has 0 saturated carbocycles. The molecule has 17 heavy (non-hydrogen) atoms. The van der Waals surface area contributed by atoms with Crippen LogP contribution in [0.15, 0.2) is 54.6 Å². The minimum absolute atomic E-state index is 0.499. The van der Waals surface area contributed by atoms with Gasteiger partial charge in [0.1, 0.15) is 5.75 Å². The van der Waals surface area contributed by atoms with Crippen LogP contribution in [0, 0.1) is 0 Å². The van der Waals surface area contributed by atoms with E-state index in [-0.39, 0.29) is 0 Å². The van der Waals surface area contributed by atoms with E-state index in [0.29, 0.717) is 16.5 Å². The Balaban J connectivity index is 1.96. The lowest BCUT2D eigenvalue weighted by atomic mass is 10.3. The molecule has 1 N–H and O–H groups in total. The molecule has 0 atom stereocenters. The number of anilines is 1. The molecule has 0 spiro atoms. The van der Waals surface area contributed by atoms with Crippen LogP contribution in [0.25, 0.3) is 0 Å². The molecule has 2 aromatic rings. The fourth-order valence-electron chi connectivity index (χ4n) is 1.27. The molecule has 0 aliphatic rings. The first-order chi connectivity index (χ1) is 8.24. The number of nitrogens with one attached hydrogen (secondary N) is 1. The van der Waals surface area contributed by atoms with Gasteiger partial charge in [0.15, 0.2) is 0 Å². The molecular formula is C13H10ClNO2. The largest absolute Gasteiger partial charge is 0.417 e. The van der Waals surface area contributed by atoms with Crippen molar-refractivity contribution in [1.82, 2.24) is 0 Å². The number of benzene rings is 2. The summed E-state index contributed by atoms with van der Waals surface area (Å²) in [5.74, 6) is 0.499. The van der Waals surface area contributed by atoms with Crippen molar-refractivity contribution in [3.05, 3.63) is 59.6 Å². The van der Waals surface area contributed by atoms with Gasteiger partial charge in [0.2, 0.25) is 0 Å². The van der Waals surface area contributed by atoms with Gasteiger partial charge < -0.3 is 4.74 Å². The number of rotatable bonds is 2. The molecule has 1 amide bonds. The van der Waals surface area contributed by atoms with E-state index in [2.05, 4.69) is 5.32 Å². The number of amides is 1. The average Bonchev–Trinajstić information content (AvgIpc) is 2.33. The molecule has 86 valence electrons. The van der Waals surface area contributed by atoms with Crippen LogP contribution in [0.1, 0.15) is 0 Å². The zero-order valence-corrected chi connectivity index (χ0v) is 9.65. The van der Waals surface area contributed by atoms with Crippen molar-refractivity contribution in [3.8, 4) is 5.75 Å². The van der Waals surface area contributed by atoms with Crippen LogP contribution in [0.5, 0.6) is 5.75 Å². The molecule has 3 nitrogen and oxygen atoms in total. The van der Waals surface area contributed by atoms with E-state index in [1.165, 1.54) is 0 Å². The van der Waals surface area contributed by atoms with Crippen molar-refractivity contribution < 1.29 is 9.53 Å². The Morgan fingerprint density at radius 1 is 1.00 bits per heavy atom. The van der Waals surface area contributed by atoms with Crippen molar-refractivity contribution in [1.29, 1.82) is 0 Å². The van der Waals surface area contributed by atoms with Crippen LogP contribution in [0.3, 0.4) is 0 Å². The third-order valence-electron chi connectivity index (χ3n) is 2.04. The first kappa shape index (κ1) is 11.5. The van der Waals surface area contributed by atoms with Crippen LogP contribution in [0.4, 0.5) is 10.5 Å². The van der Waals surface area contributed by atoms with E-state index in [0.717, 1.165) is 0 Å². The van der Waals surface area contributed by atoms with Crippen molar-refractivity contribution in [2.24, 2.45) is 0 Å². The maximum atomic E-state index is 11.5. The Labute approximate surface area is 104 Å². The Morgan fingerprint density at radius 3 is 2.29 bits per heavy atom. The Bertz CT molecular complexity index is 497.